The highest BCUT2D eigenvalue weighted by Crippen LogP contribution is 2.60. The first-order valence-corrected chi connectivity index (χ1v) is 17.5. The van der Waals surface area contributed by atoms with Gasteiger partial charge in [-0.2, -0.15) is 5.26 Å². The first kappa shape index (κ1) is 28.4. The van der Waals surface area contributed by atoms with Gasteiger partial charge in [0, 0.05) is 33.0 Å². The maximum Gasteiger partial charge on any atom is 0.164 e. The lowest BCUT2D eigenvalue weighted by atomic mass is 9.48. The van der Waals surface area contributed by atoms with Gasteiger partial charge in [0.15, 0.2) is 17.5 Å². The van der Waals surface area contributed by atoms with Crippen molar-refractivity contribution in [3.63, 3.8) is 0 Å². The summed E-state index contributed by atoms with van der Waals surface area (Å²) in [5, 5.41) is 11.4. The molecule has 4 saturated carbocycles. The fourth-order valence-electron chi connectivity index (χ4n) is 9.68. The number of nitriles is 1. The highest BCUT2D eigenvalue weighted by Gasteiger charge is 2.51. The van der Waals surface area contributed by atoms with E-state index in [-0.39, 0.29) is 0 Å². The molecule has 0 spiro atoms. The molecule has 11 rings (SSSR count). The van der Waals surface area contributed by atoms with Crippen molar-refractivity contribution in [2.24, 2.45) is 17.8 Å². The molecule has 2 heterocycles. The van der Waals surface area contributed by atoms with Crippen LogP contribution in [0.4, 0.5) is 0 Å². The molecule has 0 amide bonds. The predicted molar refractivity (Wildman–Crippen MR) is 193 cm³/mol. The largest absolute Gasteiger partial charge is 0.455 e. The Balaban J connectivity index is 1.02. The van der Waals surface area contributed by atoms with Crippen molar-refractivity contribution < 1.29 is 4.42 Å². The van der Waals surface area contributed by atoms with Crippen LogP contribution in [-0.4, -0.2) is 15.0 Å². The van der Waals surface area contributed by atoms with E-state index in [4.69, 9.17) is 19.4 Å². The van der Waals surface area contributed by atoms with Gasteiger partial charge in [-0.05, 0) is 91.0 Å². The standard InChI is InChI=1S/C44H34N4O/c45-26-27-9-18-39-38(22-27)37-8-4-7-36(40(37)49-39)31-10-12-33(13-11-31)42-46-41(32-5-2-1-3-6-32)47-43(48-42)34-14-16-35(17-15-34)44-23-28-19-29(24-44)21-30(20-28)25-44/h1-18,22,28-30H,19-21,23-25H2. The average Bonchev–Trinajstić information content (AvgIpc) is 3.53. The molecule has 0 atom stereocenters. The summed E-state index contributed by atoms with van der Waals surface area (Å²) in [5.74, 6) is 4.75. The van der Waals surface area contributed by atoms with Crippen molar-refractivity contribution in [2.75, 3.05) is 0 Å². The summed E-state index contributed by atoms with van der Waals surface area (Å²) in [6, 6.07) is 41.7. The molecular formula is C44H34N4O. The molecule has 49 heavy (non-hydrogen) atoms. The molecule has 7 aromatic rings. The third-order valence-corrected chi connectivity index (χ3v) is 11.5. The van der Waals surface area contributed by atoms with Crippen LogP contribution in [0.3, 0.4) is 0 Å². The quantitative estimate of drug-likeness (QED) is 0.188. The zero-order valence-corrected chi connectivity index (χ0v) is 27.1. The Labute approximate surface area is 285 Å². The van der Waals surface area contributed by atoms with Gasteiger partial charge in [0.2, 0.25) is 0 Å². The number of aromatic nitrogens is 3. The van der Waals surface area contributed by atoms with Crippen LogP contribution in [0.1, 0.15) is 49.7 Å². The Morgan fingerprint density at radius 2 is 1.14 bits per heavy atom. The summed E-state index contributed by atoms with van der Waals surface area (Å²) in [6.07, 6.45) is 8.43. The first-order chi connectivity index (χ1) is 24.1. The van der Waals surface area contributed by atoms with Gasteiger partial charge < -0.3 is 4.42 Å². The van der Waals surface area contributed by atoms with Gasteiger partial charge in [-0.1, -0.05) is 97.1 Å². The smallest absolute Gasteiger partial charge is 0.164 e. The second-order valence-corrected chi connectivity index (χ2v) is 14.6. The summed E-state index contributed by atoms with van der Waals surface area (Å²) >= 11 is 0. The molecule has 5 heteroatoms. The van der Waals surface area contributed by atoms with Crippen LogP contribution in [0.25, 0.3) is 67.2 Å². The van der Waals surface area contributed by atoms with E-state index in [2.05, 4.69) is 72.8 Å². The summed E-state index contributed by atoms with van der Waals surface area (Å²) < 4.78 is 6.32. The van der Waals surface area contributed by atoms with E-state index in [0.717, 1.165) is 67.5 Å². The minimum absolute atomic E-state index is 0.362. The number of furan rings is 1. The van der Waals surface area contributed by atoms with Crippen LogP contribution in [0.5, 0.6) is 0 Å². The molecule has 2 aromatic heterocycles. The Hall–Kier alpha value is -5.60. The molecule has 4 aliphatic carbocycles. The molecule has 236 valence electrons. The van der Waals surface area contributed by atoms with Crippen molar-refractivity contribution in [1.82, 2.24) is 15.0 Å². The van der Waals surface area contributed by atoms with E-state index in [1.54, 1.807) is 6.07 Å². The SMILES string of the molecule is N#Cc1ccc2oc3c(-c4ccc(-c5nc(-c6ccccc6)nc(-c6ccc(C78CC9CC(CC(C9)C7)C8)cc6)n5)cc4)cccc3c2c1. The molecule has 5 aromatic carbocycles. The fraction of sp³-hybridized carbons (Fsp3) is 0.227. The number of hydrogen-bond donors (Lipinski definition) is 0. The van der Waals surface area contributed by atoms with E-state index in [0.29, 0.717) is 28.5 Å². The van der Waals surface area contributed by atoms with Crippen molar-refractivity contribution in [3.8, 4) is 51.4 Å². The molecule has 4 aliphatic rings. The van der Waals surface area contributed by atoms with E-state index < -0.39 is 0 Å². The Bertz CT molecular complexity index is 2380. The lowest BCUT2D eigenvalue weighted by molar-refractivity contribution is -0.00518. The number of fused-ring (bicyclic) bond motifs is 3. The topological polar surface area (TPSA) is 75.6 Å². The number of rotatable bonds is 5. The first-order valence-electron chi connectivity index (χ1n) is 17.5. The van der Waals surface area contributed by atoms with Gasteiger partial charge >= 0.3 is 0 Å². The fourth-order valence-corrected chi connectivity index (χ4v) is 9.68. The third kappa shape index (κ3) is 4.77. The van der Waals surface area contributed by atoms with Crippen molar-refractivity contribution >= 4 is 21.9 Å². The second kappa shape index (κ2) is 11.0. The van der Waals surface area contributed by atoms with Gasteiger partial charge in [-0.25, -0.2) is 15.0 Å². The monoisotopic (exact) mass is 634 g/mol. The zero-order chi connectivity index (χ0) is 32.5. The van der Waals surface area contributed by atoms with Gasteiger partial charge in [0.05, 0.1) is 11.6 Å². The van der Waals surface area contributed by atoms with E-state index in [1.807, 2.05) is 42.5 Å². The maximum atomic E-state index is 9.43. The van der Waals surface area contributed by atoms with Crippen LogP contribution >= 0.6 is 0 Å². The van der Waals surface area contributed by atoms with E-state index >= 15 is 0 Å². The summed E-state index contributed by atoms with van der Waals surface area (Å²) in [4.78, 5) is 15.0. The molecular weight excluding hydrogens is 601 g/mol. The average molecular weight is 635 g/mol. The van der Waals surface area contributed by atoms with E-state index in [9.17, 15) is 5.26 Å². The third-order valence-electron chi connectivity index (χ3n) is 11.5. The summed E-state index contributed by atoms with van der Waals surface area (Å²) in [7, 11) is 0. The summed E-state index contributed by atoms with van der Waals surface area (Å²) in [6.45, 7) is 0. The number of benzene rings is 5. The zero-order valence-electron chi connectivity index (χ0n) is 27.1. The van der Waals surface area contributed by atoms with Crippen molar-refractivity contribution in [3.05, 3.63) is 126 Å². The minimum atomic E-state index is 0.362. The highest BCUT2D eigenvalue weighted by atomic mass is 16.3. The van der Waals surface area contributed by atoms with Gasteiger partial charge in [0.1, 0.15) is 11.2 Å². The van der Waals surface area contributed by atoms with Crippen LogP contribution in [0, 0.1) is 29.1 Å². The van der Waals surface area contributed by atoms with Crippen LogP contribution in [0.15, 0.2) is 120 Å². The Kier molecular flexibility index (Phi) is 6.36. The Morgan fingerprint density at radius 3 is 1.76 bits per heavy atom. The second-order valence-electron chi connectivity index (χ2n) is 14.6. The minimum Gasteiger partial charge on any atom is -0.455 e. The molecule has 0 N–H and O–H groups in total. The van der Waals surface area contributed by atoms with E-state index in [1.165, 1.54) is 44.1 Å². The summed E-state index contributed by atoms with van der Waals surface area (Å²) in [5.41, 5.74) is 9.01. The molecule has 0 unspecified atom stereocenters. The lowest BCUT2D eigenvalue weighted by Gasteiger charge is -2.57. The lowest BCUT2D eigenvalue weighted by Crippen LogP contribution is -2.48. The number of para-hydroxylation sites is 1. The van der Waals surface area contributed by atoms with Crippen LogP contribution in [0.2, 0.25) is 0 Å². The van der Waals surface area contributed by atoms with Crippen molar-refractivity contribution in [2.45, 2.75) is 43.9 Å². The number of hydrogen-bond acceptors (Lipinski definition) is 5. The van der Waals surface area contributed by atoms with Gasteiger partial charge in [0.25, 0.3) is 0 Å². The number of nitrogens with zero attached hydrogens (tertiary/aromatic N) is 4. The molecule has 5 nitrogen and oxygen atoms in total. The van der Waals surface area contributed by atoms with Gasteiger partial charge in [-0.3, -0.25) is 0 Å². The molecule has 4 bridgehead atoms. The molecule has 0 radical (unpaired) electrons. The van der Waals surface area contributed by atoms with Gasteiger partial charge in [-0.15, -0.1) is 0 Å². The molecule has 4 fully saturated rings. The van der Waals surface area contributed by atoms with Crippen LogP contribution < -0.4 is 0 Å². The normalized spacial score (nSPS) is 22.5. The van der Waals surface area contributed by atoms with Crippen LogP contribution in [-0.2, 0) is 5.41 Å². The Morgan fingerprint density at radius 1 is 0.571 bits per heavy atom. The highest BCUT2D eigenvalue weighted by molar-refractivity contribution is 6.09. The maximum absolute atomic E-state index is 9.43. The molecule has 0 saturated heterocycles. The predicted octanol–water partition coefficient (Wildman–Crippen LogP) is 10.8. The van der Waals surface area contributed by atoms with Crippen molar-refractivity contribution in [1.29, 1.82) is 5.26 Å². The molecule has 0 aliphatic heterocycles.